The molecular formula is C26H25ClFN3. The number of fused-ring (bicyclic) bond motifs is 1. The topological polar surface area (TPSA) is 22.3 Å². The highest BCUT2D eigenvalue weighted by molar-refractivity contribution is 6.30. The molecule has 1 aliphatic heterocycles. The molecule has 3 aromatic carbocycles. The zero-order chi connectivity index (χ0) is 21.4. The van der Waals surface area contributed by atoms with Gasteiger partial charge in [-0.15, -0.1) is 0 Å². The van der Waals surface area contributed by atoms with Crippen LogP contribution in [0.25, 0.3) is 22.2 Å². The van der Waals surface area contributed by atoms with Crippen LogP contribution in [-0.2, 0) is 0 Å². The molecule has 0 aliphatic carbocycles. The molecule has 4 aromatic rings. The standard InChI is InChI=1S/C26H25ClFN3/c1-30-13-15-31(16-14-30)26(19-5-4-6-21(28)17-19)24-22-7-2-3-8-23(22)29-25(24)18-9-11-20(27)12-10-18/h2-12,17,26,29H,13-16H2,1H3. The molecule has 1 unspecified atom stereocenters. The fourth-order valence-electron chi connectivity index (χ4n) is 4.61. The lowest BCUT2D eigenvalue weighted by atomic mass is 9.91. The van der Waals surface area contributed by atoms with Gasteiger partial charge in [0.05, 0.1) is 11.7 Å². The first kappa shape index (κ1) is 20.3. The van der Waals surface area contributed by atoms with E-state index in [9.17, 15) is 4.39 Å². The molecule has 158 valence electrons. The van der Waals surface area contributed by atoms with E-state index in [2.05, 4.69) is 40.0 Å². The van der Waals surface area contributed by atoms with Gasteiger partial charge in [-0.1, -0.05) is 54.1 Å². The first-order valence-electron chi connectivity index (χ1n) is 10.6. The summed E-state index contributed by atoms with van der Waals surface area (Å²) < 4.78 is 14.3. The van der Waals surface area contributed by atoms with Crippen LogP contribution < -0.4 is 0 Å². The van der Waals surface area contributed by atoms with Gasteiger partial charge in [0.2, 0.25) is 0 Å². The van der Waals surface area contributed by atoms with Gasteiger partial charge in [-0.25, -0.2) is 4.39 Å². The number of piperazine rings is 1. The van der Waals surface area contributed by atoms with Crippen LogP contribution in [0.15, 0.2) is 72.8 Å². The number of H-pyrrole nitrogens is 1. The zero-order valence-corrected chi connectivity index (χ0v) is 18.2. The van der Waals surface area contributed by atoms with Crippen LogP contribution in [0.3, 0.4) is 0 Å². The van der Waals surface area contributed by atoms with E-state index in [1.807, 2.05) is 42.5 Å². The van der Waals surface area contributed by atoms with Gasteiger partial charge in [0.25, 0.3) is 0 Å². The minimum absolute atomic E-state index is 0.0498. The minimum atomic E-state index is -0.204. The monoisotopic (exact) mass is 433 g/mol. The molecule has 5 heteroatoms. The fraction of sp³-hybridized carbons (Fsp3) is 0.231. The Morgan fingerprint density at radius 1 is 0.903 bits per heavy atom. The number of aromatic nitrogens is 1. The van der Waals surface area contributed by atoms with Gasteiger partial charge in [-0.3, -0.25) is 4.90 Å². The minimum Gasteiger partial charge on any atom is -0.354 e. The number of para-hydroxylation sites is 1. The van der Waals surface area contributed by atoms with E-state index in [0.717, 1.165) is 48.5 Å². The van der Waals surface area contributed by atoms with Crippen LogP contribution in [0, 0.1) is 5.82 Å². The number of nitrogens with one attached hydrogen (secondary N) is 1. The van der Waals surface area contributed by atoms with Crippen molar-refractivity contribution in [2.45, 2.75) is 6.04 Å². The highest BCUT2D eigenvalue weighted by Gasteiger charge is 2.30. The van der Waals surface area contributed by atoms with Crippen molar-refractivity contribution in [3.05, 3.63) is 94.8 Å². The Balaban J connectivity index is 1.74. The van der Waals surface area contributed by atoms with E-state index in [1.165, 1.54) is 17.0 Å². The summed E-state index contributed by atoms with van der Waals surface area (Å²) in [5.74, 6) is -0.204. The Morgan fingerprint density at radius 3 is 2.39 bits per heavy atom. The molecule has 1 aliphatic rings. The van der Waals surface area contributed by atoms with Crippen molar-refractivity contribution < 1.29 is 4.39 Å². The summed E-state index contributed by atoms with van der Waals surface area (Å²) in [5.41, 5.74) is 5.38. The van der Waals surface area contributed by atoms with E-state index >= 15 is 0 Å². The number of aromatic amines is 1. The summed E-state index contributed by atoms with van der Waals surface area (Å²) in [6, 6.07) is 23.3. The molecule has 0 saturated carbocycles. The Labute approximate surface area is 187 Å². The van der Waals surface area contributed by atoms with Gasteiger partial charge in [0.15, 0.2) is 0 Å². The number of nitrogens with zero attached hydrogens (tertiary/aromatic N) is 2. The van der Waals surface area contributed by atoms with Crippen molar-refractivity contribution in [1.82, 2.24) is 14.8 Å². The summed E-state index contributed by atoms with van der Waals surface area (Å²) in [4.78, 5) is 8.46. The van der Waals surface area contributed by atoms with Crippen LogP contribution in [0.2, 0.25) is 5.02 Å². The molecule has 1 aromatic heterocycles. The second kappa shape index (κ2) is 8.46. The van der Waals surface area contributed by atoms with Gasteiger partial charge in [0.1, 0.15) is 5.82 Å². The van der Waals surface area contributed by atoms with Crippen LogP contribution in [0.5, 0.6) is 0 Å². The maximum absolute atomic E-state index is 14.3. The largest absolute Gasteiger partial charge is 0.354 e. The van der Waals surface area contributed by atoms with Crippen molar-refractivity contribution in [2.75, 3.05) is 33.2 Å². The highest BCUT2D eigenvalue weighted by Crippen LogP contribution is 2.41. The lowest BCUT2D eigenvalue weighted by Gasteiger charge is -2.38. The third kappa shape index (κ3) is 3.99. The quantitative estimate of drug-likeness (QED) is 0.428. The van der Waals surface area contributed by atoms with Gasteiger partial charge < -0.3 is 9.88 Å². The van der Waals surface area contributed by atoms with Crippen LogP contribution in [-0.4, -0.2) is 48.0 Å². The predicted molar refractivity (Wildman–Crippen MR) is 126 cm³/mol. The summed E-state index contributed by atoms with van der Waals surface area (Å²) in [6.45, 7) is 3.84. The molecule has 1 fully saturated rings. The Hall–Kier alpha value is -2.66. The van der Waals surface area contributed by atoms with Crippen LogP contribution in [0.1, 0.15) is 17.2 Å². The number of hydrogen-bond donors (Lipinski definition) is 1. The van der Waals surface area contributed by atoms with E-state index in [-0.39, 0.29) is 11.9 Å². The second-order valence-electron chi connectivity index (χ2n) is 8.26. The van der Waals surface area contributed by atoms with E-state index in [4.69, 9.17) is 11.6 Å². The van der Waals surface area contributed by atoms with E-state index in [0.29, 0.717) is 5.02 Å². The third-order valence-electron chi connectivity index (χ3n) is 6.22. The van der Waals surface area contributed by atoms with Crippen molar-refractivity contribution in [3.8, 4) is 11.3 Å². The summed E-state index contributed by atoms with van der Waals surface area (Å²) in [5, 5.41) is 1.88. The van der Waals surface area contributed by atoms with E-state index in [1.54, 1.807) is 6.07 Å². The summed E-state index contributed by atoms with van der Waals surface area (Å²) >= 11 is 6.16. The highest BCUT2D eigenvalue weighted by atomic mass is 35.5. The van der Waals surface area contributed by atoms with Gasteiger partial charge in [0, 0.05) is 47.7 Å². The fourth-order valence-corrected chi connectivity index (χ4v) is 4.73. The second-order valence-corrected chi connectivity index (χ2v) is 8.70. The van der Waals surface area contributed by atoms with Crippen molar-refractivity contribution >= 4 is 22.5 Å². The summed E-state index contributed by atoms with van der Waals surface area (Å²) in [7, 11) is 2.15. The molecule has 1 saturated heterocycles. The Bertz CT molecular complexity index is 1190. The van der Waals surface area contributed by atoms with Crippen LogP contribution in [0.4, 0.5) is 4.39 Å². The van der Waals surface area contributed by atoms with Gasteiger partial charge >= 0.3 is 0 Å². The molecule has 1 atom stereocenters. The molecule has 1 N–H and O–H groups in total. The molecule has 3 nitrogen and oxygen atoms in total. The van der Waals surface area contributed by atoms with E-state index < -0.39 is 0 Å². The molecule has 31 heavy (non-hydrogen) atoms. The zero-order valence-electron chi connectivity index (χ0n) is 17.5. The molecule has 0 spiro atoms. The number of benzene rings is 3. The Morgan fingerprint density at radius 2 is 1.65 bits per heavy atom. The number of halogens is 2. The number of hydrogen-bond acceptors (Lipinski definition) is 2. The Kier molecular flexibility index (Phi) is 5.53. The molecule has 0 bridgehead atoms. The average molecular weight is 434 g/mol. The summed E-state index contributed by atoms with van der Waals surface area (Å²) in [6.07, 6.45) is 0. The first-order valence-corrected chi connectivity index (χ1v) is 11.0. The van der Waals surface area contributed by atoms with Crippen molar-refractivity contribution in [1.29, 1.82) is 0 Å². The number of rotatable bonds is 4. The third-order valence-corrected chi connectivity index (χ3v) is 6.47. The molecule has 0 amide bonds. The number of likely N-dealkylation sites (N-methyl/N-ethyl adjacent to an activating group) is 1. The molecule has 5 rings (SSSR count). The molecule has 2 heterocycles. The maximum atomic E-state index is 14.3. The smallest absolute Gasteiger partial charge is 0.123 e. The average Bonchev–Trinajstić information content (AvgIpc) is 3.15. The van der Waals surface area contributed by atoms with Gasteiger partial charge in [-0.05, 0) is 48.5 Å². The van der Waals surface area contributed by atoms with Crippen molar-refractivity contribution in [2.24, 2.45) is 0 Å². The molecule has 0 radical (unpaired) electrons. The van der Waals surface area contributed by atoms with Gasteiger partial charge in [-0.2, -0.15) is 0 Å². The predicted octanol–water partition coefficient (Wildman–Crippen LogP) is 5.96. The molecular weight excluding hydrogens is 409 g/mol. The maximum Gasteiger partial charge on any atom is 0.123 e. The normalized spacial score (nSPS) is 16.6. The lowest BCUT2D eigenvalue weighted by molar-refractivity contribution is 0.128. The van der Waals surface area contributed by atoms with Crippen LogP contribution >= 0.6 is 11.6 Å². The lowest BCUT2D eigenvalue weighted by Crippen LogP contribution is -2.46. The first-order chi connectivity index (χ1) is 15.1. The van der Waals surface area contributed by atoms with Crippen molar-refractivity contribution in [3.63, 3.8) is 0 Å². The SMILES string of the molecule is CN1CCN(C(c2cccc(F)c2)c2c(-c3ccc(Cl)cc3)[nH]c3ccccc23)CC1.